The van der Waals surface area contributed by atoms with Crippen LogP contribution in [0.25, 0.3) is 0 Å². The van der Waals surface area contributed by atoms with Crippen molar-refractivity contribution in [3.05, 3.63) is 23.2 Å². The van der Waals surface area contributed by atoms with E-state index in [-0.39, 0.29) is 18.4 Å². The van der Waals surface area contributed by atoms with Gasteiger partial charge in [0.25, 0.3) is 0 Å². The van der Waals surface area contributed by atoms with E-state index < -0.39 is 0 Å². The first-order valence-corrected chi connectivity index (χ1v) is 6.76. The van der Waals surface area contributed by atoms with Gasteiger partial charge >= 0.3 is 0 Å². The number of amides is 2. The number of halogens is 1. The number of nitrogen functional groups attached to an aromatic ring is 1. The Bertz CT molecular complexity index is 521. The predicted octanol–water partition coefficient (Wildman–Crippen LogP) is 0.683. The largest absolute Gasteiger partial charge is 0.397 e. The number of rotatable bonds is 3. The molecule has 2 amide bonds. The maximum Gasteiger partial charge on any atom is 0.238 e. The summed E-state index contributed by atoms with van der Waals surface area (Å²) in [5, 5.41) is 6.04. The fourth-order valence-corrected chi connectivity index (χ4v) is 2.19. The zero-order chi connectivity index (χ0) is 14.5. The van der Waals surface area contributed by atoms with Crippen molar-refractivity contribution < 1.29 is 9.59 Å². The standard InChI is InChI=1S/C13H17ClN4O2/c14-9-1-2-11(10(15)7-9)17-13(20)8-18-5-3-12(19)16-4-6-18/h1-2,7H,3-6,8,15H2,(H,16,19)(H,17,20). The minimum atomic E-state index is -0.159. The van der Waals surface area contributed by atoms with Gasteiger partial charge in [0.15, 0.2) is 0 Å². The average molecular weight is 297 g/mol. The number of benzene rings is 1. The highest BCUT2D eigenvalue weighted by atomic mass is 35.5. The molecule has 0 atom stereocenters. The van der Waals surface area contributed by atoms with Crippen LogP contribution in [-0.4, -0.2) is 42.9 Å². The number of hydrogen-bond donors (Lipinski definition) is 3. The second-order valence-corrected chi connectivity index (χ2v) is 5.09. The minimum absolute atomic E-state index is 0.0230. The third-order valence-corrected chi connectivity index (χ3v) is 3.30. The topological polar surface area (TPSA) is 87.5 Å². The maximum atomic E-state index is 12.0. The average Bonchev–Trinajstić information content (AvgIpc) is 2.58. The molecule has 0 aromatic heterocycles. The molecular weight excluding hydrogens is 280 g/mol. The molecule has 0 spiro atoms. The second kappa shape index (κ2) is 6.58. The fourth-order valence-electron chi connectivity index (χ4n) is 2.01. The Balaban J connectivity index is 1.90. The number of nitrogens with one attached hydrogen (secondary N) is 2. The summed E-state index contributed by atoms with van der Waals surface area (Å²) in [4.78, 5) is 25.1. The Hall–Kier alpha value is -1.79. The van der Waals surface area contributed by atoms with Crippen LogP contribution in [0.2, 0.25) is 5.02 Å². The van der Waals surface area contributed by atoms with Crippen LogP contribution in [0.1, 0.15) is 6.42 Å². The van der Waals surface area contributed by atoms with Crippen LogP contribution in [0.15, 0.2) is 18.2 Å². The first kappa shape index (κ1) is 14.6. The molecule has 6 nitrogen and oxygen atoms in total. The molecule has 0 aliphatic carbocycles. The quantitative estimate of drug-likeness (QED) is 0.716. The van der Waals surface area contributed by atoms with E-state index >= 15 is 0 Å². The molecule has 0 radical (unpaired) electrons. The van der Waals surface area contributed by atoms with Crippen LogP contribution < -0.4 is 16.4 Å². The summed E-state index contributed by atoms with van der Waals surface area (Å²) >= 11 is 5.80. The van der Waals surface area contributed by atoms with Crippen molar-refractivity contribution >= 4 is 34.8 Å². The van der Waals surface area contributed by atoms with Crippen LogP contribution in [0.3, 0.4) is 0 Å². The summed E-state index contributed by atoms with van der Waals surface area (Å²) in [5.41, 5.74) is 6.75. The lowest BCUT2D eigenvalue weighted by Crippen LogP contribution is -2.35. The summed E-state index contributed by atoms with van der Waals surface area (Å²) in [6.45, 7) is 2.04. The number of carbonyl (C=O) groups excluding carboxylic acids is 2. The zero-order valence-corrected chi connectivity index (χ0v) is 11.7. The normalized spacial score (nSPS) is 16.4. The van der Waals surface area contributed by atoms with Gasteiger partial charge in [-0.2, -0.15) is 0 Å². The van der Waals surface area contributed by atoms with E-state index in [1.165, 1.54) is 0 Å². The smallest absolute Gasteiger partial charge is 0.238 e. The predicted molar refractivity (Wildman–Crippen MR) is 78.6 cm³/mol. The molecule has 4 N–H and O–H groups in total. The van der Waals surface area contributed by atoms with E-state index in [0.29, 0.717) is 42.5 Å². The van der Waals surface area contributed by atoms with Gasteiger partial charge in [-0.3, -0.25) is 14.5 Å². The van der Waals surface area contributed by atoms with Crippen molar-refractivity contribution in [3.8, 4) is 0 Å². The lowest BCUT2D eigenvalue weighted by Gasteiger charge is -2.18. The molecule has 20 heavy (non-hydrogen) atoms. The first-order valence-electron chi connectivity index (χ1n) is 6.38. The summed E-state index contributed by atoms with van der Waals surface area (Å²) in [5.74, 6) is -0.136. The van der Waals surface area contributed by atoms with Crippen LogP contribution in [0.4, 0.5) is 11.4 Å². The molecule has 7 heteroatoms. The molecule has 0 unspecified atom stereocenters. The van der Waals surface area contributed by atoms with Gasteiger partial charge in [-0.1, -0.05) is 11.6 Å². The van der Waals surface area contributed by atoms with Crippen molar-refractivity contribution in [2.24, 2.45) is 0 Å². The van der Waals surface area contributed by atoms with Gasteiger partial charge < -0.3 is 16.4 Å². The summed E-state index contributed by atoms with van der Waals surface area (Å²) in [6.07, 6.45) is 0.413. The lowest BCUT2D eigenvalue weighted by atomic mass is 10.2. The van der Waals surface area contributed by atoms with Crippen LogP contribution >= 0.6 is 11.6 Å². The highest BCUT2D eigenvalue weighted by Gasteiger charge is 2.16. The molecule has 1 heterocycles. The molecule has 1 aliphatic rings. The highest BCUT2D eigenvalue weighted by Crippen LogP contribution is 2.22. The van der Waals surface area contributed by atoms with Crippen molar-refractivity contribution in [3.63, 3.8) is 0 Å². The van der Waals surface area contributed by atoms with Crippen molar-refractivity contribution in [2.75, 3.05) is 37.2 Å². The molecule has 1 saturated heterocycles. The van der Waals surface area contributed by atoms with Crippen LogP contribution in [-0.2, 0) is 9.59 Å². The van der Waals surface area contributed by atoms with E-state index in [4.69, 9.17) is 17.3 Å². The molecule has 2 rings (SSSR count). The van der Waals surface area contributed by atoms with E-state index in [0.717, 1.165) is 0 Å². The van der Waals surface area contributed by atoms with Crippen molar-refractivity contribution in [2.45, 2.75) is 6.42 Å². The van der Waals surface area contributed by atoms with Crippen molar-refractivity contribution in [1.29, 1.82) is 0 Å². The highest BCUT2D eigenvalue weighted by molar-refractivity contribution is 6.31. The van der Waals surface area contributed by atoms with Gasteiger partial charge in [-0.05, 0) is 18.2 Å². The van der Waals surface area contributed by atoms with Gasteiger partial charge in [0.1, 0.15) is 0 Å². The van der Waals surface area contributed by atoms with E-state index in [9.17, 15) is 9.59 Å². The molecule has 0 saturated carbocycles. The number of nitrogens with two attached hydrogens (primary N) is 1. The van der Waals surface area contributed by atoms with Gasteiger partial charge in [-0.25, -0.2) is 0 Å². The van der Waals surface area contributed by atoms with Crippen molar-refractivity contribution in [1.82, 2.24) is 10.2 Å². The molecule has 1 aliphatic heterocycles. The molecule has 1 aromatic carbocycles. The fraction of sp³-hybridized carbons (Fsp3) is 0.385. The van der Waals surface area contributed by atoms with E-state index in [1.54, 1.807) is 18.2 Å². The molecule has 1 aromatic rings. The second-order valence-electron chi connectivity index (χ2n) is 4.66. The number of hydrogen-bond acceptors (Lipinski definition) is 4. The van der Waals surface area contributed by atoms with Gasteiger partial charge in [0.2, 0.25) is 11.8 Å². The Morgan fingerprint density at radius 3 is 3.00 bits per heavy atom. The van der Waals surface area contributed by atoms with Gasteiger partial charge in [0, 0.05) is 31.1 Å². The third-order valence-electron chi connectivity index (χ3n) is 3.06. The Kier molecular flexibility index (Phi) is 4.81. The van der Waals surface area contributed by atoms with Crippen LogP contribution in [0, 0.1) is 0 Å². The van der Waals surface area contributed by atoms with Gasteiger partial charge in [0.05, 0.1) is 17.9 Å². The maximum absolute atomic E-state index is 12.0. The minimum Gasteiger partial charge on any atom is -0.397 e. The molecule has 0 bridgehead atoms. The number of anilines is 2. The molecule has 108 valence electrons. The Morgan fingerprint density at radius 1 is 1.45 bits per heavy atom. The third kappa shape index (κ3) is 4.11. The monoisotopic (exact) mass is 296 g/mol. The van der Waals surface area contributed by atoms with E-state index in [2.05, 4.69) is 10.6 Å². The summed E-state index contributed by atoms with van der Waals surface area (Å²) < 4.78 is 0. The van der Waals surface area contributed by atoms with E-state index in [1.807, 2.05) is 4.90 Å². The van der Waals surface area contributed by atoms with Crippen LogP contribution in [0.5, 0.6) is 0 Å². The zero-order valence-electron chi connectivity index (χ0n) is 11.0. The lowest BCUT2D eigenvalue weighted by molar-refractivity contribution is -0.121. The summed E-state index contributed by atoms with van der Waals surface area (Å²) in [7, 11) is 0. The molecular formula is C13H17ClN4O2. The first-order chi connectivity index (χ1) is 9.54. The Morgan fingerprint density at radius 2 is 2.25 bits per heavy atom. The Labute approximate surface area is 122 Å². The number of nitrogens with zero attached hydrogens (tertiary/aromatic N) is 1. The van der Waals surface area contributed by atoms with Gasteiger partial charge in [-0.15, -0.1) is 0 Å². The summed E-state index contributed by atoms with van der Waals surface area (Å²) in [6, 6.07) is 4.93. The SMILES string of the molecule is Nc1cc(Cl)ccc1NC(=O)CN1CCNC(=O)CC1. The molecule has 1 fully saturated rings. The number of carbonyl (C=O) groups is 2.